The maximum absolute atomic E-state index is 12.5. The summed E-state index contributed by atoms with van der Waals surface area (Å²) < 4.78 is 5.15. The fourth-order valence-electron chi connectivity index (χ4n) is 4.36. The number of hydrogen-bond acceptors (Lipinski definition) is 7. The van der Waals surface area contributed by atoms with Gasteiger partial charge in [0.2, 0.25) is 11.8 Å². The first kappa shape index (κ1) is 22.0. The van der Waals surface area contributed by atoms with Crippen LogP contribution in [0.3, 0.4) is 0 Å². The summed E-state index contributed by atoms with van der Waals surface area (Å²) in [6, 6.07) is 7.31. The van der Waals surface area contributed by atoms with E-state index in [2.05, 4.69) is 15.5 Å². The molecule has 32 heavy (non-hydrogen) atoms. The predicted octanol–water partition coefficient (Wildman–Crippen LogP) is 1.86. The van der Waals surface area contributed by atoms with Crippen LogP contribution in [0.15, 0.2) is 24.3 Å². The molecule has 0 bridgehead atoms. The molecular weight excluding hydrogens is 408 g/mol. The van der Waals surface area contributed by atoms with E-state index in [0.717, 1.165) is 60.3 Å². The van der Waals surface area contributed by atoms with Crippen LogP contribution < -0.4 is 15.4 Å². The summed E-state index contributed by atoms with van der Waals surface area (Å²) in [5.41, 5.74) is 2.78. The Bertz CT molecular complexity index is 977. The molecule has 1 aromatic heterocycles. The third-order valence-corrected chi connectivity index (χ3v) is 6.14. The molecule has 1 atom stereocenters. The van der Waals surface area contributed by atoms with Gasteiger partial charge in [0.25, 0.3) is 0 Å². The molecule has 2 amide bonds. The third kappa shape index (κ3) is 4.83. The predicted molar refractivity (Wildman–Crippen MR) is 122 cm³/mol. The first-order chi connectivity index (χ1) is 15.5. The maximum Gasteiger partial charge on any atom is 0.238 e. The molecule has 4 rings (SSSR count). The highest BCUT2D eigenvalue weighted by atomic mass is 16.5. The molecule has 1 saturated heterocycles. The zero-order valence-corrected chi connectivity index (χ0v) is 18.9. The molecule has 0 spiro atoms. The second-order valence-corrected chi connectivity index (χ2v) is 8.29. The number of ether oxygens (including phenoxy) is 1. The second-order valence-electron chi connectivity index (χ2n) is 8.29. The van der Waals surface area contributed by atoms with Crippen molar-refractivity contribution in [2.75, 3.05) is 51.0 Å². The van der Waals surface area contributed by atoms with Gasteiger partial charge < -0.3 is 20.3 Å². The largest absolute Gasteiger partial charge is 0.497 e. The van der Waals surface area contributed by atoms with Crippen molar-refractivity contribution in [3.05, 3.63) is 41.3 Å². The standard InChI is InChI=1S/C23H30N6O3/c1-15(30)29-11-9-20-19(13-29)23(24-2)27-22(26-20)16-8-10-28(12-16)14-21(31)25-17-4-6-18(32-3)7-5-17/h4-7,16H,8-14H2,1-3H3,(H,25,31)(H,24,26,27)/t16-/m1/s1. The molecule has 9 heteroatoms. The third-order valence-electron chi connectivity index (χ3n) is 6.14. The van der Waals surface area contributed by atoms with Gasteiger partial charge in [-0.15, -0.1) is 0 Å². The lowest BCUT2D eigenvalue weighted by Gasteiger charge is -2.29. The Balaban J connectivity index is 1.38. The van der Waals surface area contributed by atoms with E-state index in [1.54, 1.807) is 14.0 Å². The molecule has 2 aromatic rings. The second kappa shape index (κ2) is 9.52. The number of hydrogen-bond donors (Lipinski definition) is 2. The van der Waals surface area contributed by atoms with Crippen LogP contribution >= 0.6 is 0 Å². The number of amides is 2. The average Bonchev–Trinajstić information content (AvgIpc) is 3.26. The van der Waals surface area contributed by atoms with Crippen molar-refractivity contribution in [1.29, 1.82) is 0 Å². The lowest BCUT2D eigenvalue weighted by Crippen LogP contribution is -2.35. The van der Waals surface area contributed by atoms with Gasteiger partial charge in [-0.1, -0.05) is 0 Å². The fraction of sp³-hybridized carbons (Fsp3) is 0.478. The topological polar surface area (TPSA) is 99.7 Å². The molecule has 2 aliphatic heterocycles. The van der Waals surface area contributed by atoms with Crippen molar-refractivity contribution in [2.45, 2.75) is 32.2 Å². The molecule has 0 unspecified atom stereocenters. The zero-order chi connectivity index (χ0) is 22.7. The van der Waals surface area contributed by atoms with E-state index in [1.165, 1.54) is 0 Å². The van der Waals surface area contributed by atoms with Gasteiger partial charge in [-0.2, -0.15) is 0 Å². The van der Waals surface area contributed by atoms with Crippen molar-refractivity contribution < 1.29 is 14.3 Å². The number of benzene rings is 1. The summed E-state index contributed by atoms with van der Waals surface area (Å²) in [7, 11) is 3.47. The smallest absolute Gasteiger partial charge is 0.238 e. The molecule has 2 aliphatic rings. The zero-order valence-electron chi connectivity index (χ0n) is 18.9. The quantitative estimate of drug-likeness (QED) is 0.710. The van der Waals surface area contributed by atoms with E-state index in [9.17, 15) is 9.59 Å². The first-order valence-electron chi connectivity index (χ1n) is 11.0. The van der Waals surface area contributed by atoms with Crippen molar-refractivity contribution in [1.82, 2.24) is 19.8 Å². The Morgan fingerprint density at radius 2 is 1.97 bits per heavy atom. The fourth-order valence-corrected chi connectivity index (χ4v) is 4.36. The molecular formula is C23H30N6O3. The summed E-state index contributed by atoms with van der Waals surface area (Å²) in [5, 5.41) is 6.12. The normalized spacial score (nSPS) is 18.2. The summed E-state index contributed by atoms with van der Waals surface area (Å²) in [5.74, 6) is 2.59. The maximum atomic E-state index is 12.5. The van der Waals surface area contributed by atoms with Crippen molar-refractivity contribution in [3.8, 4) is 5.75 Å². The van der Waals surface area contributed by atoms with Crippen molar-refractivity contribution in [2.24, 2.45) is 0 Å². The van der Waals surface area contributed by atoms with Gasteiger partial charge in [0.15, 0.2) is 0 Å². The Morgan fingerprint density at radius 1 is 1.19 bits per heavy atom. The minimum absolute atomic E-state index is 0.0394. The average molecular weight is 439 g/mol. The molecule has 0 saturated carbocycles. The van der Waals surface area contributed by atoms with Gasteiger partial charge in [0.1, 0.15) is 17.4 Å². The SMILES string of the molecule is CNc1nc([C@@H]2CCN(CC(=O)Nc3ccc(OC)cc3)C2)nc2c1CN(C(C)=O)CC2. The minimum Gasteiger partial charge on any atom is -0.497 e. The molecule has 3 heterocycles. The number of likely N-dealkylation sites (tertiary alicyclic amines) is 1. The summed E-state index contributed by atoms with van der Waals surface area (Å²) in [6.45, 7) is 4.73. The Hall–Kier alpha value is -3.20. The number of rotatable bonds is 6. The number of aromatic nitrogens is 2. The van der Waals surface area contributed by atoms with E-state index in [4.69, 9.17) is 14.7 Å². The summed E-state index contributed by atoms with van der Waals surface area (Å²) >= 11 is 0. The Labute approximate surface area is 188 Å². The number of carbonyl (C=O) groups excluding carboxylic acids is 2. The number of nitrogens with zero attached hydrogens (tertiary/aromatic N) is 4. The Morgan fingerprint density at radius 3 is 2.66 bits per heavy atom. The van der Waals surface area contributed by atoms with E-state index in [1.807, 2.05) is 36.2 Å². The lowest BCUT2D eigenvalue weighted by atomic mass is 10.0. The highest BCUT2D eigenvalue weighted by molar-refractivity contribution is 5.92. The molecule has 9 nitrogen and oxygen atoms in total. The van der Waals surface area contributed by atoms with Crippen LogP contribution in [-0.2, 0) is 22.6 Å². The Kier molecular flexibility index (Phi) is 6.55. The monoisotopic (exact) mass is 438 g/mol. The molecule has 170 valence electrons. The highest BCUT2D eigenvalue weighted by Crippen LogP contribution is 2.30. The van der Waals surface area contributed by atoms with Gasteiger partial charge in [-0.05, 0) is 37.2 Å². The molecule has 1 fully saturated rings. The number of carbonyl (C=O) groups is 2. The minimum atomic E-state index is -0.0394. The number of nitrogens with one attached hydrogen (secondary N) is 2. The van der Waals surface area contributed by atoms with Gasteiger partial charge in [-0.25, -0.2) is 9.97 Å². The summed E-state index contributed by atoms with van der Waals surface area (Å²) in [4.78, 5) is 37.9. The molecule has 1 aromatic carbocycles. The molecule has 0 aliphatic carbocycles. The van der Waals surface area contributed by atoms with Crippen LogP contribution in [0.5, 0.6) is 5.75 Å². The van der Waals surface area contributed by atoms with Crippen molar-refractivity contribution in [3.63, 3.8) is 0 Å². The van der Waals surface area contributed by atoms with Gasteiger partial charge in [0.05, 0.1) is 25.9 Å². The van der Waals surface area contributed by atoms with Gasteiger partial charge >= 0.3 is 0 Å². The highest BCUT2D eigenvalue weighted by Gasteiger charge is 2.30. The van der Waals surface area contributed by atoms with Crippen LogP contribution in [0.2, 0.25) is 0 Å². The van der Waals surface area contributed by atoms with E-state index < -0.39 is 0 Å². The van der Waals surface area contributed by atoms with E-state index in [0.29, 0.717) is 19.6 Å². The molecule has 2 N–H and O–H groups in total. The van der Waals surface area contributed by atoms with Crippen LogP contribution in [0.4, 0.5) is 11.5 Å². The lowest BCUT2D eigenvalue weighted by molar-refractivity contribution is -0.129. The van der Waals surface area contributed by atoms with Gasteiger partial charge in [-0.3, -0.25) is 14.5 Å². The first-order valence-corrected chi connectivity index (χ1v) is 11.0. The van der Waals surface area contributed by atoms with Crippen LogP contribution in [-0.4, -0.2) is 71.9 Å². The van der Waals surface area contributed by atoms with Crippen molar-refractivity contribution >= 4 is 23.3 Å². The number of anilines is 2. The molecule has 0 radical (unpaired) electrons. The summed E-state index contributed by atoms with van der Waals surface area (Å²) in [6.07, 6.45) is 1.65. The van der Waals surface area contributed by atoms with Crippen LogP contribution in [0, 0.1) is 0 Å². The van der Waals surface area contributed by atoms with E-state index >= 15 is 0 Å². The number of fused-ring (bicyclic) bond motifs is 1. The van der Waals surface area contributed by atoms with Gasteiger partial charge in [0, 0.05) is 50.7 Å². The van der Waals surface area contributed by atoms with E-state index in [-0.39, 0.29) is 17.7 Å². The number of methoxy groups -OCH3 is 1. The van der Waals surface area contributed by atoms with Crippen LogP contribution in [0.25, 0.3) is 0 Å². The van der Waals surface area contributed by atoms with Crippen LogP contribution in [0.1, 0.15) is 36.3 Å².